The van der Waals surface area contributed by atoms with E-state index in [2.05, 4.69) is 9.55 Å². The predicted molar refractivity (Wildman–Crippen MR) is 56.1 cm³/mol. The summed E-state index contributed by atoms with van der Waals surface area (Å²) in [7, 11) is 1.72. The molecule has 1 aromatic heterocycles. The highest BCUT2D eigenvalue weighted by Crippen LogP contribution is 2.03. The zero-order valence-corrected chi connectivity index (χ0v) is 9.10. The normalized spacial score (nSPS) is 15.4. The molecule has 2 N–H and O–H groups in total. The Morgan fingerprint density at radius 1 is 1.57 bits per heavy atom. The number of ether oxygens (including phenoxy) is 1. The summed E-state index contributed by atoms with van der Waals surface area (Å²) in [5.74, 6) is 1.03. The highest BCUT2D eigenvalue weighted by Gasteiger charge is 2.07. The summed E-state index contributed by atoms with van der Waals surface area (Å²) in [6.45, 7) is 4.85. The monoisotopic (exact) mass is 197 g/mol. The quantitative estimate of drug-likeness (QED) is 0.760. The van der Waals surface area contributed by atoms with Gasteiger partial charge in [0.25, 0.3) is 0 Å². The first-order valence-electron chi connectivity index (χ1n) is 4.92. The fraction of sp³-hybridized carbons (Fsp3) is 0.700. The number of hydrogen-bond donors (Lipinski definition) is 1. The van der Waals surface area contributed by atoms with Crippen LogP contribution in [0.5, 0.6) is 0 Å². The molecular weight excluding hydrogens is 178 g/mol. The summed E-state index contributed by atoms with van der Waals surface area (Å²) in [6.07, 6.45) is 4.78. The summed E-state index contributed by atoms with van der Waals surface area (Å²) in [4.78, 5) is 4.27. The average Bonchev–Trinajstić information content (AvgIpc) is 2.52. The molecule has 1 rings (SSSR count). The summed E-state index contributed by atoms with van der Waals surface area (Å²) in [6, 6.07) is 0.147. The molecule has 4 nitrogen and oxygen atoms in total. The summed E-state index contributed by atoms with van der Waals surface area (Å²) >= 11 is 0. The number of methoxy groups -OCH3 is 1. The Bertz CT molecular complexity index is 270. The summed E-state index contributed by atoms with van der Waals surface area (Å²) in [5, 5.41) is 0. The molecule has 0 aliphatic heterocycles. The second kappa shape index (κ2) is 5.12. The number of hydrogen-bond acceptors (Lipinski definition) is 3. The Hall–Kier alpha value is -0.870. The van der Waals surface area contributed by atoms with Gasteiger partial charge < -0.3 is 15.0 Å². The smallest absolute Gasteiger partial charge is 0.110 e. The number of nitrogens with two attached hydrogens (primary N) is 1. The van der Waals surface area contributed by atoms with Crippen molar-refractivity contribution in [2.45, 2.75) is 39.0 Å². The van der Waals surface area contributed by atoms with Gasteiger partial charge in [-0.3, -0.25) is 0 Å². The Labute approximate surface area is 85.1 Å². The van der Waals surface area contributed by atoms with Crippen LogP contribution in [-0.4, -0.2) is 28.8 Å². The van der Waals surface area contributed by atoms with Gasteiger partial charge in [0.2, 0.25) is 0 Å². The maximum atomic E-state index is 5.73. The molecule has 0 spiro atoms. The van der Waals surface area contributed by atoms with Crippen molar-refractivity contribution in [3.05, 3.63) is 18.2 Å². The molecule has 0 saturated heterocycles. The fourth-order valence-corrected chi connectivity index (χ4v) is 1.34. The summed E-state index contributed by atoms with van der Waals surface area (Å²) in [5.41, 5.74) is 5.73. The molecule has 2 unspecified atom stereocenters. The molecule has 1 aromatic rings. The molecule has 0 bridgehead atoms. The van der Waals surface area contributed by atoms with E-state index in [1.54, 1.807) is 13.3 Å². The molecule has 14 heavy (non-hydrogen) atoms. The topological polar surface area (TPSA) is 53.1 Å². The summed E-state index contributed by atoms with van der Waals surface area (Å²) < 4.78 is 7.30. The Kier molecular flexibility index (Phi) is 4.10. The third kappa shape index (κ3) is 3.12. The maximum absolute atomic E-state index is 5.73. The number of nitrogens with zero attached hydrogens (tertiary/aromatic N) is 2. The van der Waals surface area contributed by atoms with Gasteiger partial charge in [-0.1, -0.05) is 0 Å². The van der Waals surface area contributed by atoms with E-state index in [9.17, 15) is 0 Å². The Balaban J connectivity index is 2.62. The van der Waals surface area contributed by atoms with Crippen LogP contribution in [-0.2, 0) is 17.7 Å². The van der Waals surface area contributed by atoms with E-state index in [0.717, 1.165) is 18.8 Å². The molecule has 1 heterocycles. The Morgan fingerprint density at radius 3 is 2.86 bits per heavy atom. The van der Waals surface area contributed by atoms with E-state index < -0.39 is 0 Å². The van der Waals surface area contributed by atoms with Crippen LogP contribution in [0.1, 0.15) is 19.7 Å². The van der Waals surface area contributed by atoms with E-state index in [1.807, 2.05) is 20.0 Å². The van der Waals surface area contributed by atoms with Crippen LogP contribution >= 0.6 is 0 Å². The van der Waals surface area contributed by atoms with Crippen LogP contribution in [0.3, 0.4) is 0 Å². The standard InChI is InChI=1S/C10H19N3O/c1-8(11)6-10-12-4-5-13(10)7-9(2)14-3/h4-5,8-9H,6-7,11H2,1-3H3. The van der Waals surface area contributed by atoms with Crippen molar-refractivity contribution in [1.29, 1.82) is 0 Å². The molecule has 0 aliphatic rings. The van der Waals surface area contributed by atoms with Gasteiger partial charge in [0.05, 0.1) is 6.10 Å². The minimum Gasteiger partial charge on any atom is -0.380 e. The minimum absolute atomic E-state index is 0.147. The van der Waals surface area contributed by atoms with E-state index in [-0.39, 0.29) is 12.1 Å². The molecule has 4 heteroatoms. The van der Waals surface area contributed by atoms with Gasteiger partial charge in [-0.25, -0.2) is 4.98 Å². The zero-order chi connectivity index (χ0) is 10.6. The third-order valence-electron chi connectivity index (χ3n) is 2.16. The molecular formula is C10H19N3O. The molecule has 0 radical (unpaired) electrons. The Morgan fingerprint density at radius 2 is 2.29 bits per heavy atom. The maximum Gasteiger partial charge on any atom is 0.110 e. The number of rotatable bonds is 5. The molecule has 0 saturated carbocycles. The lowest BCUT2D eigenvalue weighted by molar-refractivity contribution is 0.102. The lowest BCUT2D eigenvalue weighted by Crippen LogP contribution is -2.22. The van der Waals surface area contributed by atoms with E-state index in [1.165, 1.54) is 0 Å². The van der Waals surface area contributed by atoms with E-state index >= 15 is 0 Å². The first-order valence-corrected chi connectivity index (χ1v) is 4.92. The number of aromatic nitrogens is 2. The van der Waals surface area contributed by atoms with Crippen LogP contribution in [0, 0.1) is 0 Å². The lowest BCUT2D eigenvalue weighted by Gasteiger charge is -2.13. The van der Waals surface area contributed by atoms with Crippen molar-refractivity contribution in [1.82, 2.24) is 9.55 Å². The minimum atomic E-state index is 0.147. The van der Waals surface area contributed by atoms with Gasteiger partial charge in [0.15, 0.2) is 0 Å². The molecule has 0 fully saturated rings. The molecule has 2 atom stereocenters. The molecule has 0 aromatic carbocycles. The average molecular weight is 197 g/mol. The van der Waals surface area contributed by atoms with E-state index in [4.69, 9.17) is 10.5 Å². The fourth-order valence-electron chi connectivity index (χ4n) is 1.34. The zero-order valence-electron chi connectivity index (χ0n) is 9.10. The van der Waals surface area contributed by atoms with E-state index in [0.29, 0.717) is 0 Å². The highest BCUT2D eigenvalue weighted by molar-refractivity contribution is 4.94. The van der Waals surface area contributed by atoms with Crippen LogP contribution in [0.2, 0.25) is 0 Å². The van der Waals surface area contributed by atoms with Crippen molar-refractivity contribution in [2.75, 3.05) is 7.11 Å². The number of imidazole rings is 1. The lowest BCUT2D eigenvalue weighted by atomic mass is 10.2. The van der Waals surface area contributed by atoms with Gasteiger partial charge in [-0.05, 0) is 13.8 Å². The first kappa shape index (κ1) is 11.2. The van der Waals surface area contributed by atoms with Gasteiger partial charge >= 0.3 is 0 Å². The highest BCUT2D eigenvalue weighted by atomic mass is 16.5. The van der Waals surface area contributed by atoms with Crippen LogP contribution in [0.15, 0.2) is 12.4 Å². The van der Waals surface area contributed by atoms with Crippen LogP contribution in [0.25, 0.3) is 0 Å². The van der Waals surface area contributed by atoms with Crippen molar-refractivity contribution in [3.63, 3.8) is 0 Å². The second-order valence-corrected chi connectivity index (χ2v) is 3.72. The van der Waals surface area contributed by atoms with Crippen molar-refractivity contribution in [2.24, 2.45) is 5.73 Å². The van der Waals surface area contributed by atoms with Gasteiger partial charge in [0, 0.05) is 38.5 Å². The molecule has 0 aliphatic carbocycles. The predicted octanol–water partition coefficient (Wildman–Crippen LogP) is 0.808. The van der Waals surface area contributed by atoms with Crippen molar-refractivity contribution < 1.29 is 4.74 Å². The second-order valence-electron chi connectivity index (χ2n) is 3.72. The van der Waals surface area contributed by atoms with Crippen molar-refractivity contribution in [3.8, 4) is 0 Å². The third-order valence-corrected chi connectivity index (χ3v) is 2.16. The van der Waals surface area contributed by atoms with Gasteiger partial charge in [-0.2, -0.15) is 0 Å². The largest absolute Gasteiger partial charge is 0.380 e. The van der Waals surface area contributed by atoms with Gasteiger partial charge in [0.1, 0.15) is 5.82 Å². The van der Waals surface area contributed by atoms with Crippen LogP contribution in [0.4, 0.5) is 0 Å². The first-order chi connectivity index (χ1) is 6.63. The molecule has 80 valence electrons. The van der Waals surface area contributed by atoms with Crippen molar-refractivity contribution >= 4 is 0 Å². The SMILES string of the molecule is COC(C)Cn1ccnc1CC(C)N. The van der Waals surface area contributed by atoms with Gasteiger partial charge in [-0.15, -0.1) is 0 Å². The van der Waals surface area contributed by atoms with Crippen LogP contribution < -0.4 is 5.73 Å². The molecule has 0 amide bonds.